The smallest absolute Gasteiger partial charge is 0.257 e. The summed E-state index contributed by atoms with van der Waals surface area (Å²) >= 11 is 6.50. The third kappa shape index (κ3) is 6.39. The number of benzene rings is 1. The van der Waals surface area contributed by atoms with Crippen LogP contribution in [0.2, 0.25) is 0 Å². The number of hydrogen-bond acceptors (Lipinski definition) is 7. The second-order valence-corrected chi connectivity index (χ2v) is 8.67. The molecule has 1 aliphatic carbocycles. The predicted molar refractivity (Wildman–Crippen MR) is 118 cm³/mol. The van der Waals surface area contributed by atoms with Crippen LogP contribution >= 0.6 is 23.6 Å². The zero-order valence-corrected chi connectivity index (χ0v) is 18.1. The summed E-state index contributed by atoms with van der Waals surface area (Å²) < 4.78 is 0. The Morgan fingerprint density at radius 3 is 2.67 bits per heavy atom. The van der Waals surface area contributed by atoms with Gasteiger partial charge in [-0.3, -0.25) is 19.7 Å². The topological polar surface area (TPSA) is 113 Å². The number of ketones is 1. The van der Waals surface area contributed by atoms with E-state index in [1.807, 2.05) is 6.07 Å². The van der Waals surface area contributed by atoms with Gasteiger partial charge in [0, 0.05) is 24.8 Å². The average Bonchev–Trinajstić information content (AvgIpc) is 3.36. The minimum atomic E-state index is -0.310. The molecule has 10 heteroatoms. The fourth-order valence-corrected chi connectivity index (χ4v) is 4.57. The third-order valence-electron chi connectivity index (χ3n) is 4.84. The minimum Gasteiger partial charge on any atom is -0.355 e. The molecule has 1 aromatic heterocycles. The van der Waals surface area contributed by atoms with E-state index in [1.165, 1.54) is 18.3 Å². The highest BCUT2D eigenvalue weighted by Crippen LogP contribution is 2.41. The van der Waals surface area contributed by atoms with Crippen LogP contribution in [0.1, 0.15) is 53.9 Å². The molecule has 158 valence electrons. The van der Waals surface area contributed by atoms with Crippen molar-refractivity contribution in [2.24, 2.45) is 5.92 Å². The number of carbonyl (C=O) groups is 3. The van der Waals surface area contributed by atoms with Gasteiger partial charge in [-0.2, -0.15) is 0 Å². The van der Waals surface area contributed by atoms with Crippen molar-refractivity contribution in [2.45, 2.75) is 38.5 Å². The fraction of sp³-hybridized carbons (Fsp3) is 0.400. The Morgan fingerprint density at radius 1 is 1.17 bits per heavy atom. The number of carbonyl (C=O) groups excluding carboxylic acids is 3. The highest BCUT2D eigenvalue weighted by molar-refractivity contribution is 7.80. The summed E-state index contributed by atoms with van der Waals surface area (Å²) in [5, 5.41) is 17.7. The van der Waals surface area contributed by atoms with Crippen molar-refractivity contribution in [3.63, 3.8) is 0 Å². The number of rotatable bonds is 7. The summed E-state index contributed by atoms with van der Waals surface area (Å²) in [6.45, 7) is 1.52. The van der Waals surface area contributed by atoms with Crippen molar-refractivity contribution in [1.29, 1.82) is 0 Å². The van der Waals surface area contributed by atoms with E-state index in [0.717, 1.165) is 24.3 Å². The first-order chi connectivity index (χ1) is 14.4. The zero-order chi connectivity index (χ0) is 21.5. The van der Waals surface area contributed by atoms with Gasteiger partial charge in [-0.15, -0.1) is 10.2 Å². The SMILES string of the molecule is CC(=O)Nc1nnc(C2CCC(CC(=O)CNC(=S)NC(=O)c3ccccc3)C2)s1. The van der Waals surface area contributed by atoms with Crippen LogP contribution in [0.25, 0.3) is 0 Å². The number of nitrogens with one attached hydrogen (secondary N) is 3. The normalized spacial score (nSPS) is 17.9. The van der Waals surface area contributed by atoms with Gasteiger partial charge in [0.1, 0.15) is 5.01 Å². The molecule has 3 N–H and O–H groups in total. The van der Waals surface area contributed by atoms with Crippen molar-refractivity contribution < 1.29 is 14.4 Å². The Hall–Kier alpha value is -2.72. The van der Waals surface area contributed by atoms with Crippen LogP contribution in [0.3, 0.4) is 0 Å². The second kappa shape index (κ2) is 10.4. The molecule has 0 aliphatic heterocycles. The van der Waals surface area contributed by atoms with Crippen LogP contribution in [0.4, 0.5) is 5.13 Å². The summed E-state index contributed by atoms with van der Waals surface area (Å²) in [5.74, 6) is 0.118. The van der Waals surface area contributed by atoms with Crippen LogP contribution in [-0.2, 0) is 9.59 Å². The first-order valence-corrected chi connectivity index (χ1v) is 10.9. The molecule has 8 nitrogen and oxygen atoms in total. The molecule has 1 aromatic carbocycles. The van der Waals surface area contributed by atoms with Gasteiger partial charge in [0.15, 0.2) is 10.9 Å². The summed E-state index contributed by atoms with van der Waals surface area (Å²) in [5.41, 5.74) is 0.503. The summed E-state index contributed by atoms with van der Waals surface area (Å²) in [6.07, 6.45) is 3.22. The summed E-state index contributed by atoms with van der Waals surface area (Å²) in [6, 6.07) is 8.75. The van der Waals surface area contributed by atoms with Crippen molar-refractivity contribution >= 4 is 51.4 Å². The Bertz CT molecular complexity index is 932. The van der Waals surface area contributed by atoms with E-state index in [2.05, 4.69) is 26.1 Å². The highest BCUT2D eigenvalue weighted by atomic mass is 32.1. The zero-order valence-electron chi connectivity index (χ0n) is 16.5. The lowest BCUT2D eigenvalue weighted by atomic mass is 9.99. The second-order valence-electron chi connectivity index (χ2n) is 7.25. The lowest BCUT2D eigenvalue weighted by Crippen LogP contribution is -2.41. The molecule has 0 radical (unpaired) electrons. The lowest BCUT2D eigenvalue weighted by Gasteiger charge is -2.11. The van der Waals surface area contributed by atoms with Crippen molar-refractivity contribution in [1.82, 2.24) is 20.8 Å². The number of nitrogens with zero attached hydrogens (tertiary/aromatic N) is 2. The molecule has 1 saturated carbocycles. The number of amides is 2. The Kier molecular flexibility index (Phi) is 7.58. The van der Waals surface area contributed by atoms with Gasteiger partial charge in [0.2, 0.25) is 11.0 Å². The largest absolute Gasteiger partial charge is 0.355 e. The van der Waals surface area contributed by atoms with E-state index in [-0.39, 0.29) is 41.1 Å². The maximum Gasteiger partial charge on any atom is 0.257 e. The molecule has 1 heterocycles. The van der Waals surface area contributed by atoms with Crippen LogP contribution in [0.5, 0.6) is 0 Å². The molecule has 2 amide bonds. The Labute approximate surface area is 183 Å². The molecule has 1 aliphatic rings. The van der Waals surface area contributed by atoms with Gasteiger partial charge in [-0.25, -0.2) is 0 Å². The van der Waals surface area contributed by atoms with Gasteiger partial charge in [0.25, 0.3) is 5.91 Å². The van der Waals surface area contributed by atoms with E-state index < -0.39 is 0 Å². The fourth-order valence-electron chi connectivity index (χ4n) is 3.47. The molecular formula is C20H23N5O3S2. The first-order valence-electron chi connectivity index (χ1n) is 9.67. The lowest BCUT2D eigenvalue weighted by molar-refractivity contribution is -0.119. The van der Waals surface area contributed by atoms with E-state index in [1.54, 1.807) is 24.3 Å². The monoisotopic (exact) mass is 445 g/mol. The number of Topliss-reactive ketones (excluding diaryl/α,β-unsaturated/α-hetero) is 1. The Morgan fingerprint density at radius 2 is 1.93 bits per heavy atom. The van der Waals surface area contributed by atoms with E-state index >= 15 is 0 Å². The van der Waals surface area contributed by atoms with Gasteiger partial charge in [-0.05, 0) is 49.5 Å². The molecule has 3 rings (SSSR count). The molecule has 1 fully saturated rings. The number of hydrogen-bond donors (Lipinski definition) is 3. The Balaban J connectivity index is 1.39. The summed E-state index contributed by atoms with van der Waals surface area (Å²) in [7, 11) is 0. The minimum absolute atomic E-state index is 0.0492. The molecular weight excluding hydrogens is 422 g/mol. The first kappa shape index (κ1) is 22.0. The maximum atomic E-state index is 12.3. The number of aromatic nitrogens is 2. The van der Waals surface area contributed by atoms with Crippen molar-refractivity contribution in [3.05, 3.63) is 40.9 Å². The van der Waals surface area contributed by atoms with Gasteiger partial charge in [-0.1, -0.05) is 29.5 Å². The van der Waals surface area contributed by atoms with Gasteiger partial charge >= 0.3 is 0 Å². The number of thiocarbonyl (C=S) groups is 1. The number of anilines is 1. The van der Waals surface area contributed by atoms with Crippen LogP contribution < -0.4 is 16.0 Å². The standard InChI is InChI=1S/C20H23N5O3S2/c1-12(26)22-20-25-24-18(30-20)15-8-7-13(9-15)10-16(27)11-21-19(29)23-17(28)14-5-3-2-4-6-14/h2-6,13,15H,7-11H2,1H3,(H,22,25,26)(H2,21,23,28,29). The van der Waals surface area contributed by atoms with Crippen molar-refractivity contribution in [2.75, 3.05) is 11.9 Å². The van der Waals surface area contributed by atoms with E-state index in [4.69, 9.17) is 12.2 Å². The third-order valence-corrected chi connectivity index (χ3v) is 6.09. The van der Waals surface area contributed by atoms with Crippen LogP contribution in [0.15, 0.2) is 30.3 Å². The summed E-state index contributed by atoms with van der Waals surface area (Å²) in [4.78, 5) is 35.5. The molecule has 2 unspecified atom stereocenters. The molecule has 0 bridgehead atoms. The average molecular weight is 446 g/mol. The predicted octanol–water partition coefficient (Wildman–Crippen LogP) is 2.64. The quantitative estimate of drug-likeness (QED) is 0.562. The van der Waals surface area contributed by atoms with E-state index in [9.17, 15) is 14.4 Å². The highest BCUT2D eigenvalue weighted by Gasteiger charge is 2.30. The van der Waals surface area contributed by atoms with Gasteiger partial charge < -0.3 is 10.6 Å². The van der Waals surface area contributed by atoms with E-state index in [0.29, 0.717) is 17.1 Å². The molecule has 0 spiro atoms. The van der Waals surface area contributed by atoms with Crippen LogP contribution in [-0.4, -0.2) is 39.5 Å². The molecule has 2 aromatic rings. The molecule has 2 atom stereocenters. The molecule has 0 saturated heterocycles. The van der Waals surface area contributed by atoms with Gasteiger partial charge in [0.05, 0.1) is 6.54 Å². The van der Waals surface area contributed by atoms with Crippen LogP contribution in [0, 0.1) is 5.92 Å². The molecule has 30 heavy (non-hydrogen) atoms. The maximum absolute atomic E-state index is 12.3. The van der Waals surface area contributed by atoms with Crippen molar-refractivity contribution in [3.8, 4) is 0 Å².